The molecule has 0 aromatic heterocycles. The van der Waals surface area contributed by atoms with Crippen LogP contribution in [0.15, 0.2) is 12.1 Å². The minimum atomic E-state index is -2.82. The zero-order chi connectivity index (χ0) is 14.9. The van der Waals surface area contributed by atoms with E-state index in [1.165, 1.54) is 12.7 Å². The molecule has 1 atom stereocenters. The van der Waals surface area contributed by atoms with Crippen LogP contribution in [0.5, 0.6) is 0 Å². The van der Waals surface area contributed by atoms with Crippen molar-refractivity contribution in [2.45, 2.75) is 38.8 Å². The second-order valence-electron chi connectivity index (χ2n) is 5.66. The molecule has 1 aromatic rings. The van der Waals surface area contributed by atoms with Crippen molar-refractivity contribution in [2.24, 2.45) is 0 Å². The first-order chi connectivity index (χ1) is 9.34. The third-order valence-corrected chi connectivity index (χ3v) is 4.02. The van der Waals surface area contributed by atoms with Crippen LogP contribution in [0.4, 0.5) is 14.5 Å². The maximum absolute atomic E-state index is 13.7. The average molecular weight is 284 g/mol. The lowest BCUT2D eigenvalue weighted by Crippen LogP contribution is -2.46. The molecule has 1 aromatic carbocycles. The number of nitrogens with zero attached hydrogens (tertiary/aromatic N) is 1. The maximum Gasteiger partial charge on any atom is 0.283 e. The minimum Gasteiger partial charge on any atom is -0.399 e. The zero-order valence-electron chi connectivity index (χ0n) is 12.2. The molecule has 5 heteroatoms. The monoisotopic (exact) mass is 284 g/mol. The highest BCUT2D eigenvalue weighted by Crippen LogP contribution is 2.30. The topological polar surface area (TPSA) is 38.5 Å². The molecule has 0 spiro atoms. The Morgan fingerprint density at radius 2 is 2.15 bits per heavy atom. The predicted octanol–water partition coefficient (Wildman–Crippen LogP) is 2.61. The van der Waals surface area contributed by atoms with Crippen LogP contribution < -0.4 is 5.73 Å². The fourth-order valence-corrected chi connectivity index (χ4v) is 2.83. The van der Waals surface area contributed by atoms with Gasteiger partial charge in [0, 0.05) is 25.4 Å². The summed E-state index contributed by atoms with van der Waals surface area (Å²) in [5, 5.41) is 0. The molecular weight excluding hydrogens is 262 g/mol. The highest BCUT2D eigenvalue weighted by atomic mass is 19.3. The first kappa shape index (κ1) is 15.2. The highest BCUT2D eigenvalue weighted by molar-refractivity contribution is 5.54. The Morgan fingerprint density at radius 1 is 1.45 bits per heavy atom. The molecule has 0 bridgehead atoms. The quantitative estimate of drug-likeness (QED) is 0.864. The summed E-state index contributed by atoms with van der Waals surface area (Å²) in [6.07, 6.45) is 0.759. The number of hydrogen-bond donors (Lipinski definition) is 1. The van der Waals surface area contributed by atoms with Gasteiger partial charge in [0.25, 0.3) is 5.92 Å². The Morgan fingerprint density at radius 3 is 2.80 bits per heavy atom. The van der Waals surface area contributed by atoms with Crippen molar-refractivity contribution in [1.82, 2.24) is 4.90 Å². The number of halogens is 2. The lowest BCUT2D eigenvalue weighted by atomic mass is 9.90. The summed E-state index contributed by atoms with van der Waals surface area (Å²) in [6, 6.07) is 3.88. The van der Waals surface area contributed by atoms with Gasteiger partial charge in [0.1, 0.15) is 6.61 Å². The predicted molar refractivity (Wildman–Crippen MR) is 76.0 cm³/mol. The van der Waals surface area contributed by atoms with Gasteiger partial charge in [0.2, 0.25) is 0 Å². The molecule has 0 saturated heterocycles. The molecular formula is C15H22F2N2O. The summed E-state index contributed by atoms with van der Waals surface area (Å²) < 4.78 is 32.0. The Hall–Kier alpha value is -1.20. The second kappa shape index (κ2) is 5.66. The third-order valence-electron chi connectivity index (χ3n) is 4.02. The van der Waals surface area contributed by atoms with E-state index >= 15 is 0 Å². The summed E-state index contributed by atoms with van der Waals surface area (Å²) in [6.45, 7) is 3.70. The van der Waals surface area contributed by atoms with E-state index in [0.717, 1.165) is 23.2 Å². The molecule has 0 amide bonds. The van der Waals surface area contributed by atoms with Crippen LogP contribution in [0.2, 0.25) is 0 Å². The molecule has 0 fully saturated rings. The summed E-state index contributed by atoms with van der Waals surface area (Å²) in [7, 11) is 1.30. The number of benzene rings is 1. The van der Waals surface area contributed by atoms with Gasteiger partial charge in [0.05, 0.1) is 6.54 Å². The number of fused-ring (bicyclic) bond motifs is 1. The fraction of sp³-hybridized carbons (Fsp3) is 0.600. The Labute approximate surface area is 118 Å². The smallest absolute Gasteiger partial charge is 0.283 e. The Kier molecular flexibility index (Phi) is 4.30. The minimum absolute atomic E-state index is 0.0748. The average Bonchev–Trinajstić information content (AvgIpc) is 2.36. The third kappa shape index (κ3) is 3.10. The standard InChI is InChI=1S/C15H22F2N2O/c1-10-6-13-11(2)14(18)5-4-12(13)7-19(10)8-15(16,17)9-20-3/h4-5,10H,6-9,18H2,1-3H3. The summed E-state index contributed by atoms with van der Waals surface area (Å²) >= 11 is 0. The molecule has 0 radical (unpaired) electrons. The van der Waals surface area contributed by atoms with E-state index in [0.29, 0.717) is 6.54 Å². The fourth-order valence-electron chi connectivity index (χ4n) is 2.83. The van der Waals surface area contributed by atoms with E-state index in [4.69, 9.17) is 5.73 Å². The lowest BCUT2D eigenvalue weighted by molar-refractivity contribution is -0.0921. The van der Waals surface area contributed by atoms with E-state index in [1.54, 1.807) is 0 Å². The van der Waals surface area contributed by atoms with Crippen LogP contribution in [0, 0.1) is 6.92 Å². The molecule has 2 rings (SSSR count). The van der Waals surface area contributed by atoms with E-state index in [2.05, 4.69) is 4.74 Å². The van der Waals surface area contributed by atoms with Gasteiger partial charge in [-0.25, -0.2) is 8.78 Å². The van der Waals surface area contributed by atoms with Gasteiger partial charge in [-0.2, -0.15) is 0 Å². The van der Waals surface area contributed by atoms with Crippen molar-refractivity contribution in [3.63, 3.8) is 0 Å². The molecule has 1 unspecified atom stereocenters. The van der Waals surface area contributed by atoms with Crippen molar-refractivity contribution < 1.29 is 13.5 Å². The van der Waals surface area contributed by atoms with Gasteiger partial charge in [-0.05, 0) is 43.0 Å². The normalized spacial score (nSPS) is 19.9. The number of anilines is 1. The zero-order valence-corrected chi connectivity index (χ0v) is 12.2. The summed E-state index contributed by atoms with van der Waals surface area (Å²) in [5.41, 5.74) is 10.1. The number of rotatable bonds is 4. The number of nitrogens with two attached hydrogens (primary N) is 1. The molecule has 2 N–H and O–H groups in total. The van der Waals surface area contributed by atoms with Crippen LogP contribution in [0.25, 0.3) is 0 Å². The van der Waals surface area contributed by atoms with Gasteiger partial charge < -0.3 is 10.5 Å². The molecule has 1 aliphatic heterocycles. The van der Waals surface area contributed by atoms with Crippen molar-refractivity contribution in [2.75, 3.05) is 26.0 Å². The maximum atomic E-state index is 13.7. The second-order valence-corrected chi connectivity index (χ2v) is 5.66. The molecule has 20 heavy (non-hydrogen) atoms. The van der Waals surface area contributed by atoms with Crippen molar-refractivity contribution >= 4 is 5.69 Å². The first-order valence-electron chi connectivity index (χ1n) is 6.81. The highest BCUT2D eigenvalue weighted by Gasteiger charge is 2.35. The van der Waals surface area contributed by atoms with Crippen LogP contribution >= 0.6 is 0 Å². The molecule has 3 nitrogen and oxygen atoms in total. The number of alkyl halides is 2. The number of hydrogen-bond acceptors (Lipinski definition) is 3. The van der Waals surface area contributed by atoms with Crippen LogP contribution in [0.1, 0.15) is 23.6 Å². The Bertz CT molecular complexity index is 491. The lowest BCUT2D eigenvalue weighted by Gasteiger charge is -2.37. The first-order valence-corrected chi connectivity index (χ1v) is 6.81. The summed E-state index contributed by atoms with van der Waals surface area (Å²) in [5.74, 6) is -2.82. The van der Waals surface area contributed by atoms with Gasteiger partial charge in [-0.3, -0.25) is 4.90 Å². The van der Waals surface area contributed by atoms with E-state index in [1.807, 2.05) is 30.9 Å². The molecule has 0 aliphatic carbocycles. The molecule has 112 valence electrons. The van der Waals surface area contributed by atoms with Crippen LogP contribution in [-0.2, 0) is 17.7 Å². The van der Waals surface area contributed by atoms with Gasteiger partial charge in [0.15, 0.2) is 0 Å². The van der Waals surface area contributed by atoms with Crippen molar-refractivity contribution in [3.8, 4) is 0 Å². The number of methoxy groups -OCH3 is 1. The van der Waals surface area contributed by atoms with Crippen molar-refractivity contribution in [1.29, 1.82) is 0 Å². The van der Waals surface area contributed by atoms with E-state index in [-0.39, 0.29) is 12.6 Å². The largest absolute Gasteiger partial charge is 0.399 e. The van der Waals surface area contributed by atoms with Crippen LogP contribution in [-0.4, -0.2) is 37.1 Å². The number of ether oxygens (including phenoxy) is 1. The molecule has 1 heterocycles. The van der Waals surface area contributed by atoms with E-state index < -0.39 is 12.5 Å². The number of nitrogen functional groups attached to an aromatic ring is 1. The SMILES string of the molecule is COCC(F)(F)CN1Cc2ccc(N)c(C)c2CC1C. The van der Waals surface area contributed by atoms with Gasteiger partial charge in [-0.1, -0.05) is 6.07 Å². The molecule has 0 saturated carbocycles. The Balaban J connectivity index is 2.18. The van der Waals surface area contributed by atoms with Crippen molar-refractivity contribution in [3.05, 3.63) is 28.8 Å². The van der Waals surface area contributed by atoms with Crippen LogP contribution in [0.3, 0.4) is 0 Å². The van der Waals surface area contributed by atoms with Gasteiger partial charge in [-0.15, -0.1) is 0 Å². The van der Waals surface area contributed by atoms with Gasteiger partial charge >= 0.3 is 0 Å². The van der Waals surface area contributed by atoms with E-state index in [9.17, 15) is 8.78 Å². The molecule has 1 aliphatic rings. The summed E-state index contributed by atoms with van der Waals surface area (Å²) in [4.78, 5) is 1.82.